The third kappa shape index (κ3) is 6.82. The molecule has 1 heterocycles. The number of hydrogen-bond donors (Lipinski definition) is 2. The number of anilines is 2. The molecule has 3 aromatic rings. The molecule has 212 valence electrons. The number of ether oxygens (including phenoxy) is 4. The molecule has 11 heteroatoms. The molecule has 0 aliphatic carbocycles. The maximum Gasteiger partial charge on any atom is 0.335 e. The van der Waals surface area contributed by atoms with E-state index in [4.69, 9.17) is 18.9 Å². The number of nitrogens with zero attached hydrogens (tertiary/aromatic N) is 1. The molecule has 11 nitrogen and oxygen atoms in total. The zero-order valence-electron chi connectivity index (χ0n) is 22.8. The van der Waals surface area contributed by atoms with Crippen molar-refractivity contribution in [1.82, 2.24) is 5.32 Å². The van der Waals surface area contributed by atoms with Gasteiger partial charge in [0.05, 0.1) is 26.5 Å². The molecule has 0 radical (unpaired) electrons. The molecule has 0 saturated carbocycles. The van der Waals surface area contributed by atoms with Gasteiger partial charge in [-0.05, 0) is 54.5 Å². The number of amides is 5. The third-order valence-electron chi connectivity index (χ3n) is 5.88. The molecule has 2 N–H and O–H groups in total. The van der Waals surface area contributed by atoms with Crippen molar-refractivity contribution in [1.29, 1.82) is 0 Å². The second kappa shape index (κ2) is 13.2. The molecule has 1 fully saturated rings. The van der Waals surface area contributed by atoms with Crippen molar-refractivity contribution in [3.8, 4) is 23.0 Å². The predicted molar refractivity (Wildman–Crippen MR) is 151 cm³/mol. The molecule has 4 rings (SSSR count). The summed E-state index contributed by atoms with van der Waals surface area (Å²) in [6, 6.07) is 17.3. The van der Waals surface area contributed by atoms with E-state index in [0.29, 0.717) is 29.4 Å². The van der Waals surface area contributed by atoms with Gasteiger partial charge in [-0.3, -0.25) is 19.7 Å². The molecule has 1 aliphatic rings. The van der Waals surface area contributed by atoms with Gasteiger partial charge in [0, 0.05) is 11.8 Å². The summed E-state index contributed by atoms with van der Waals surface area (Å²) in [5.74, 6) is -0.677. The highest BCUT2D eigenvalue weighted by Gasteiger charge is 2.37. The first-order valence-corrected chi connectivity index (χ1v) is 12.7. The molecule has 0 unspecified atom stereocenters. The molecule has 0 spiro atoms. The van der Waals surface area contributed by atoms with Crippen LogP contribution in [-0.4, -0.2) is 51.2 Å². The lowest BCUT2D eigenvalue weighted by atomic mass is 10.1. The molecular weight excluding hydrogens is 530 g/mol. The molecule has 1 saturated heterocycles. The van der Waals surface area contributed by atoms with Crippen LogP contribution in [0.25, 0.3) is 6.08 Å². The Kier molecular flexibility index (Phi) is 9.20. The topological polar surface area (TPSA) is 132 Å². The van der Waals surface area contributed by atoms with Gasteiger partial charge in [-0.2, -0.15) is 0 Å². The van der Waals surface area contributed by atoms with Gasteiger partial charge in [0.1, 0.15) is 5.57 Å². The number of benzene rings is 3. The smallest absolute Gasteiger partial charge is 0.335 e. The van der Waals surface area contributed by atoms with E-state index in [1.54, 1.807) is 48.5 Å². The lowest BCUT2D eigenvalue weighted by molar-refractivity contribution is -0.122. The third-order valence-corrected chi connectivity index (χ3v) is 5.88. The Bertz CT molecular complexity index is 1490. The number of hydrogen-bond acceptors (Lipinski definition) is 8. The van der Waals surface area contributed by atoms with Crippen molar-refractivity contribution in [2.75, 3.05) is 37.7 Å². The van der Waals surface area contributed by atoms with Crippen molar-refractivity contribution >= 4 is 41.2 Å². The summed E-state index contributed by atoms with van der Waals surface area (Å²) < 4.78 is 22.0. The Morgan fingerprint density at radius 1 is 0.878 bits per heavy atom. The second-order valence-corrected chi connectivity index (χ2v) is 8.75. The number of carbonyl (C=O) groups excluding carboxylic acids is 4. The van der Waals surface area contributed by atoms with Crippen LogP contribution >= 0.6 is 0 Å². The Morgan fingerprint density at radius 3 is 2.27 bits per heavy atom. The van der Waals surface area contributed by atoms with Gasteiger partial charge in [0.15, 0.2) is 29.6 Å². The number of nitrogens with one attached hydrogen (secondary N) is 2. The highest BCUT2D eigenvalue weighted by Crippen LogP contribution is 2.34. The average molecular weight is 560 g/mol. The van der Waals surface area contributed by atoms with Crippen LogP contribution in [0.5, 0.6) is 23.0 Å². The van der Waals surface area contributed by atoms with Gasteiger partial charge in [-0.15, -0.1) is 0 Å². The predicted octanol–water partition coefficient (Wildman–Crippen LogP) is 4.18. The standard InChI is InChI=1S/C30H29N3O8/c1-4-14-40-23-13-11-21(17-26(23)39-3)33-29(36)22(28(35)32-30(33)37)15-19-10-12-24(25(16-19)38-2)41-18-27(34)31-20-8-6-5-7-9-20/h5-13,15-17H,4,14,18H2,1-3H3,(H,31,34)(H,32,35,37)/b22-15-. The van der Waals surface area contributed by atoms with E-state index in [-0.39, 0.29) is 35.3 Å². The van der Waals surface area contributed by atoms with Gasteiger partial charge in [0.25, 0.3) is 17.7 Å². The maximum absolute atomic E-state index is 13.4. The molecule has 0 atom stereocenters. The highest BCUT2D eigenvalue weighted by molar-refractivity contribution is 6.39. The Morgan fingerprint density at radius 2 is 1.56 bits per heavy atom. The molecule has 1 aliphatic heterocycles. The zero-order valence-corrected chi connectivity index (χ0v) is 22.8. The van der Waals surface area contributed by atoms with Crippen molar-refractivity contribution in [2.45, 2.75) is 13.3 Å². The minimum absolute atomic E-state index is 0.196. The summed E-state index contributed by atoms with van der Waals surface area (Å²) in [6.07, 6.45) is 2.12. The summed E-state index contributed by atoms with van der Waals surface area (Å²) in [5, 5.41) is 4.92. The number of carbonyl (C=O) groups is 4. The molecular formula is C30H29N3O8. The first-order chi connectivity index (χ1) is 19.8. The lowest BCUT2D eigenvalue weighted by Gasteiger charge is -2.27. The second-order valence-electron chi connectivity index (χ2n) is 8.75. The summed E-state index contributed by atoms with van der Waals surface area (Å²) in [7, 11) is 2.87. The van der Waals surface area contributed by atoms with E-state index < -0.39 is 17.8 Å². The van der Waals surface area contributed by atoms with Crippen LogP contribution in [0, 0.1) is 0 Å². The van der Waals surface area contributed by atoms with Gasteiger partial charge >= 0.3 is 6.03 Å². The van der Waals surface area contributed by atoms with E-state index in [1.165, 1.54) is 32.4 Å². The van der Waals surface area contributed by atoms with Crippen LogP contribution in [0.1, 0.15) is 18.9 Å². The number of barbiturate groups is 1. The normalized spacial score (nSPS) is 14.0. The zero-order chi connectivity index (χ0) is 29.4. The molecule has 3 aromatic carbocycles. The van der Waals surface area contributed by atoms with Crippen molar-refractivity contribution in [3.63, 3.8) is 0 Å². The average Bonchev–Trinajstić information content (AvgIpc) is 2.98. The summed E-state index contributed by atoms with van der Waals surface area (Å²) in [4.78, 5) is 51.8. The molecule has 0 aromatic heterocycles. The van der Waals surface area contributed by atoms with Gasteiger partial charge in [-0.1, -0.05) is 31.2 Å². The first-order valence-electron chi connectivity index (χ1n) is 12.7. The minimum Gasteiger partial charge on any atom is -0.493 e. The SMILES string of the molecule is CCCOc1ccc(N2C(=O)NC(=O)/C(=C/c3ccc(OCC(=O)Nc4ccccc4)c(OC)c3)C2=O)cc1OC. The van der Waals surface area contributed by atoms with Crippen molar-refractivity contribution in [3.05, 3.63) is 77.9 Å². The summed E-state index contributed by atoms with van der Waals surface area (Å²) in [6.45, 7) is 2.16. The number of imide groups is 2. The van der Waals surface area contributed by atoms with Gasteiger partial charge < -0.3 is 24.3 Å². The van der Waals surface area contributed by atoms with Gasteiger partial charge in [0.2, 0.25) is 0 Å². The lowest BCUT2D eigenvalue weighted by Crippen LogP contribution is -2.54. The van der Waals surface area contributed by atoms with E-state index >= 15 is 0 Å². The fourth-order valence-electron chi connectivity index (χ4n) is 3.94. The fourth-order valence-corrected chi connectivity index (χ4v) is 3.94. The van der Waals surface area contributed by atoms with Crippen LogP contribution in [-0.2, 0) is 14.4 Å². The molecule has 5 amide bonds. The van der Waals surface area contributed by atoms with E-state index in [2.05, 4.69) is 10.6 Å². The molecule has 41 heavy (non-hydrogen) atoms. The minimum atomic E-state index is -0.892. The Hall–Kier alpha value is -5.32. The maximum atomic E-state index is 13.4. The largest absolute Gasteiger partial charge is 0.493 e. The molecule has 0 bridgehead atoms. The van der Waals surface area contributed by atoms with Crippen LogP contribution in [0.2, 0.25) is 0 Å². The monoisotopic (exact) mass is 559 g/mol. The van der Waals surface area contributed by atoms with Crippen LogP contribution < -0.4 is 34.5 Å². The van der Waals surface area contributed by atoms with Crippen LogP contribution in [0.15, 0.2) is 72.3 Å². The number of para-hydroxylation sites is 1. The Labute approximate surface area is 236 Å². The van der Waals surface area contributed by atoms with E-state index in [9.17, 15) is 19.2 Å². The number of rotatable bonds is 11. The highest BCUT2D eigenvalue weighted by atomic mass is 16.5. The Balaban J connectivity index is 1.53. The van der Waals surface area contributed by atoms with Crippen molar-refractivity contribution in [2.24, 2.45) is 0 Å². The fraction of sp³-hybridized carbons (Fsp3) is 0.200. The van der Waals surface area contributed by atoms with E-state index in [1.807, 2.05) is 13.0 Å². The number of methoxy groups -OCH3 is 2. The summed E-state index contributed by atoms with van der Waals surface area (Å²) >= 11 is 0. The van der Waals surface area contributed by atoms with Gasteiger partial charge in [-0.25, -0.2) is 9.69 Å². The summed E-state index contributed by atoms with van der Waals surface area (Å²) in [5.41, 5.74) is 0.989. The van der Waals surface area contributed by atoms with Crippen LogP contribution in [0.4, 0.5) is 16.2 Å². The van der Waals surface area contributed by atoms with Crippen molar-refractivity contribution < 1.29 is 38.1 Å². The quantitative estimate of drug-likeness (QED) is 0.264. The van der Waals surface area contributed by atoms with E-state index in [0.717, 1.165) is 11.3 Å². The number of urea groups is 1. The first kappa shape index (κ1) is 28.7. The van der Waals surface area contributed by atoms with Crippen LogP contribution in [0.3, 0.4) is 0 Å².